The van der Waals surface area contributed by atoms with Gasteiger partial charge < -0.3 is 5.32 Å². The van der Waals surface area contributed by atoms with Crippen LogP contribution in [0, 0.1) is 21.7 Å². The summed E-state index contributed by atoms with van der Waals surface area (Å²) in [5, 5.41) is 13.3. The number of benzene rings is 2. The molecule has 104 valence electrons. The first-order valence-corrected chi connectivity index (χ1v) is 6.38. The SMILES string of the molecule is O=[N+]([O-])c1cc(Br)cc(CNc2c(F)cccc2F)c1. The molecule has 0 radical (unpaired) electrons. The molecule has 7 heteroatoms. The van der Waals surface area contributed by atoms with Crippen LogP contribution in [0.15, 0.2) is 40.9 Å². The minimum atomic E-state index is -0.713. The summed E-state index contributed by atoms with van der Waals surface area (Å²) in [7, 11) is 0. The number of halogens is 3. The topological polar surface area (TPSA) is 55.2 Å². The molecule has 4 nitrogen and oxygen atoms in total. The summed E-state index contributed by atoms with van der Waals surface area (Å²) in [4.78, 5) is 10.2. The molecule has 0 fully saturated rings. The highest BCUT2D eigenvalue weighted by atomic mass is 79.9. The molecule has 0 heterocycles. The van der Waals surface area contributed by atoms with Crippen LogP contribution in [-0.4, -0.2) is 4.92 Å². The molecule has 0 amide bonds. The lowest BCUT2D eigenvalue weighted by molar-refractivity contribution is -0.385. The number of nitrogens with one attached hydrogen (secondary N) is 1. The van der Waals surface area contributed by atoms with Crippen LogP contribution in [-0.2, 0) is 6.54 Å². The van der Waals surface area contributed by atoms with Crippen molar-refractivity contribution in [2.45, 2.75) is 6.54 Å². The lowest BCUT2D eigenvalue weighted by Gasteiger charge is -2.09. The maximum Gasteiger partial charge on any atom is 0.270 e. The second kappa shape index (κ2) is 5.96. The Bertz CT molecular complexity index is 645. The average Bonchev–Trinajstić information content (AvgIpc) is 2.37. The van der Waals surface area contributed by atoms with Crippen LogP contribution in [0.1, 0.15) is 5.56 Å². The molecule has 0 atom stereocenters. The summed E-state index contributed by atoms with van der Waals surface area (Å²) in [6, 6.07) is 7.87. The second-order valence-electron chi connectivity index (χ2n) is 4.02. The average molecular weight is 343 g/mol. The minimum absolute atomic E-state index is 0.0676. The van der Waals surface area contributed by atoms with E-state index < -0.39 is 16.6 Å². The quantitative estimate of drug-likeness (QED) is 0.667. The highest BCUT2D eigenvalue weighted by Crippen LogP contribution is 2.23. The van der Waals surface area contributed by atoms with Crippen LogP contribution in [0.3, 0.4) is 0 Å². The third-order valence-electron chi connectivity index (χ3n) is 2.59. The lowest BCUT2D eigenvalue weighted by atomic mass is 10.2. The number of nitrogens with zero attached hydrogens (tertiary/aromatic N) is 1. The summed E-state index contributed by atoms with van der Waals surface area (Å²) in [6.45, 7) is 0.0676. The molecule has 0 spiro atoms. The summed E-state index contributed by atoms with van der Waals surface area (Å²) in [5.41, 5.74) is 0.189. The Morgan fingerprint density at radius 2 is 1.85 bits per heavy atom. The van der Waals surface area contributed by atoms with E-state index >= 15 is 0 Å². The van der Waals surface area contributed by atoms with E-state index in [4.69, 9.17) is 0 Å². The zero-order chi connectivity index (χ0) is 14.7. The van der Waals surface area contributed by atoms with Gasteiger partial charge in [0, 0.05) is 23.2 Å². The van der Waals surface area contributed by atoms with Crippen LogP contribution < -0.4 is 5.32 Å². The fourth-order valence-corrected chi connectivity index (χ4v) is 2.23. The molecule has 2 aromatic carbocycles. The van der Waals surface area contributed by atoms with Gasteiger partial charge in [-0.3, -0.25) is 10.1 Å². The Labute approximate surface area is 121 Å². The number of hydrogen-bond acceptors (Lipinski definition) is 3. The number of non-ortho nitro benzene ring substituents is 1. The monoisotopic (exact) mass is 342 g/mol. The number of nitro groups is 1. The van der Waals surface area contributed by atoms with E-state index in [0.717, 1.165) is 12.1 Å². The summed E-state index contributed by atoms with van der Waals surface area (Å²) in [6.07, 6.45) is 0. The fourth-order valence-electron chi connectivity index (χ4n) is 1.70. The van der Waals surface area contributed by atoms with Crippen molar-refractivity contribution in [1.29, 1.82) is 0 Å². The molecule has 2 aromatic rings. The van der Waals surface area contributed by atoms with Crippen LogP contribution in [0.25, 0.3) is 0 Å². The molecule has 0 aliphatic carbocycles. The van der Waals surface area contributed by atoms with E-state index in [1.807, 2.05) is 0 Å². The largest absolute Gasteiger partial charge is 0.376 e. The van der Waals surface area contributed by atoms with Gasteiger partial charge in [0.25, 0.3) is 5.69 Å². The molecule has 0 saturated heterocycles. The Hall–Kier alpha value is -2.02. The van der Waals surface area contributed by atoms with Gasteiger partial charge in [0.05, 0.1) is 4.92 Å². The zero-order valence-electron chi connectivity index (χ0n) is 10.1. The Balaban J connectivity index is 2.21. The summed E-state index contributed by atoms with van der Waals surface area (Å²) < 4.78 is 27.4. The van der Waals surface area contributed by atoms with Crippen LogP contribution in [0.4, 0.5) is 20.2 Å². The first-order valence-electron chi connectivity index (χ1n) is 5.59. The highest BCUT2D eigenvalue weighted by Gasteiger charge is 2.11. The molecule has 2 rings (SSSR count). The van der Waals surface area contributed by atoms with E-state index in [1.165, 1.54) is 18.2 Å². The number of rotatable bonds is 4. The molecule has 0 aromatic heterocycles. The zero-order valence-corrected chi connectivity index (χ0v) is 11.7. The van der Waals surface area contributed by atoms with E-state index in [0.29, 0.717) is 10.0 Å². The maximum atomic E-state index is 13.4. The van der Waals surface area contributed by atoms with Gasteiger partial charge in [0.1, 0.15) is 17.3 Å². The predicted molar refractivity (Wildman–Crippen MR) is 74.5 cm³/mol. The Morgan fingerprint density at radius 1 is 1.20 bits per heavy atom. The molecular formula is C13H9BrF2N2O2. The van der Waals surface area contributed by atoms with Crippen molar-refractivity contribution in [3.63, 3.8) is 0 Å². The lowest BCUT2D eigenvalue weighted by Crippen LogP contribution is -2.04. The van der Waals surface area contributed by atoms with Crippen molar-refractivity contribution < 1.29 is 13.7 Å². The normalized spacial score (nSPS) is 10.3. The number of para-hydroxylation sites is 1. The molecule has 0 aliphatic rings. The minimum Gasteiger partial charge on any atom is -0.376 e. The molecule has 20 heavy (non-hydrogen) atoms. The van der Waals surface area contributed by atoms with E-state index in [1.54, 1.807) is 6.07 Å². The van der Waals surface area contributed by atoms with Crippen molar-refractivity contribution in [1.82, 2.24) is 0 Å². The first kappa shape index (κ1) is 14.4. The second-order valence-corrected chi connectivity index (χ2v) is 4.94. The third-order valence-corrected chi connectivity index (χ3v) is 3.04. The smallest absolute Gasteiger partial charge is 0.270 e. The van der Waals surface area contributed by atoms with Crippen LogP contribution in [0.2, 0.25) is 0 Å². The Kier molecular flexibility index (Phi) is 4.29. The number of nitro benzene ring substituents is 1. The number of hydrogen-bond donors (Lipinski definition) is 1. The van der Waals surface area contributed by atoms with Crippen molar-refractivity contribution >= 4 is 27.3 Å². The van der Waals surface area contributed by atoms with Gasteiger partial charge in [-0.2, -0.15) is 0 Å². The predicted octanol–water partition coefficient (Wildman–Crippen LogP) is 4.25. The summed E-state index contributed by atoms with van der Waals surface area (Å²) in [5.74, 6) is -1.43. The van der Waals surface area contributed by atoms with Crippen molar-refractivity contribution in [3.05, 3.63) is 68.2 Å². The summed E-state index contributed by atoms with van der Waals surface area (Å²) >= 11 is 3.16. The Morgan fingerprint density at radius 3 is 2.45 bits per heavy atom. The molecule has 0 unspecified atom stereocenters. The van der Waals surface area contributed by atoms with Gasteiger partial charge >= 0.3 is 0 Å². The van der Waals surface area contributed by atoms with Crippen molar-refractivity contribution in [2.75, 3.05) is 5.32 Å². The van der Waals surface area contributed by atoms with Gasteiger partial charge in [-0.25, -0.2) is 8.78 Å². The van der Waals surface area contributed by atoms with Crippen molar-refractivity contribution in [3.8, 4) is 0 Å². The van der Waals surface area contributed by atoms with Crippen LogP contribution >= 0.6 is 15.9 Å². The van der Waals surface area contributed by atoms with E-state index in [-0.39, 0.29) is 17.9 Å². The van der Waals surface area contributed by atoms with Crippen molar-refractivity contribution in [2.24, 2.45) is 0 Å². The first-order chi connectivity index (χ1) is 9.47. The third kappa shape index (κ3) is 3.30. The van der Waals surface area contributed by atoms with E-state index in [9.17, 15) is 18.9 Å². The maximum absolute atomic E-state index is 13.4. The standard InChI is InChI=1S/C13H9BrF2N2O2/c14-9-4-8(5-10(6-9)18(19)20)7-17-13-11(15)2-1-3-12(13)16/h1-6,17H,7H2. The van der Waals surface area contributed by atoms with Crippen LogP contribution in [0.5, 0.6) is 0 Å². The molecule has 0 bridgehead atoms. The van der Waals surface area contributed by atoms with E-state index in [2.05, 4.69) is 21.2 Å². The van der Waals surface area contributed by atoms with Gasteiger partial charge in [0.2, 0.25) is 0 Å². The molecule has 0 aliphatic heterocycles. The molecule has 0 saturated carbocycles. The molecular weight excluding hydrogens is 334 g/mol. The fraction of sp³-hybridized carbons (Fsp3) is 0.0769. The van der Waals surface area contributed by atoms with Gasteiger partial charge in [-0.1, -0.05) is 22.0 Å². The van der Waals surface area contributed by atoms with Gasteiger partial charge in [-0.15, -0.1) is 0 Å². The number of anilines is 1. The van der Waals surface area contributed by atoms with Gasteiger partial charge in [-0.05, 0) is 23.8 Å². The van der Waals surface area contributed by atoms with Gasteiger partial charge in [0.15, 0.2) is 0 Å². The molecule has 1 N–H and O–H groups in total. The highest BCUT2D eigenvalue weighted by molar-refractivity contribution is 9.10.